The highest BCUT2D eigenvalue weighted by molar-refractivity contribution is 5.81. The van der Waals surface area contributed by atoms with Crippen molar-refractivity contribution in [3.8, 4) is 0 Å². The van der Waals surface area contributed by atoms with Crippen LogP contribution in [0.5, 0.6) is 0 Å². The molecule has 0 aliphatic carbocycles. The van der Waals surface area contributed by atoms with Gasteiger partial charge < -0.3 is 5.11 Å². The third-order valence-electron chi connectivity index (χ3n) is 3.98. The van der Waals surface area contributed by atoms with E-state index in [-0.39, 0.29) is 0 Å². The fourth-order valence-electron chi connectivity index (χ4n) is 3.20. The van der Waals surface area contributed by atoms with Gasteiger partial charge in [-0.1, -0.05) is 31.5 Å². The van der Waals surface area contributed by atoms with Gasteiger partial charge in [-0.05, 0) is 57.5 Å². The Kier molecular flexibility index (Phi) is 4.75. The van der Waals surface area contributed by atoms with Crippen molar-refractivity contribution in [2.75, 3.05) is 13.1 Å². The zero-order valence-corrected chi connectivity index (χ0v) is 12.9. The Labute approximate surface area is 116 Å². The number of aliphatic carboxylic acids is 1. The molecule has 1 rings (SSSR count). The summed E-state index contributed by atoms with van der Waals surface area (Å²) in [6.45, 7) is 13.3. The van der Waals surface area contributed by atoms with Crippen LogP contribution in [-0.2, 0) is 10.3 Å². The molecule has 3 heteroatoms. The molecule has 0 radical (unpaired) electrons. The van der Waals surface area contributed by atoms with E-state index in [0.717, 1.165) is 16.7 Å². The van der Waals surface area contributed by atoms with Gasteiger partial charge in [0.2, 0.25) is 0 Å². The monoisotopic (exact) mass is 263 g/mol. The van der Waals surface area contributed by atoms with E-state index in [1.54, 1.807) is 0 Å². The fourth-order valence-corrected chi connectivity index (χ4v) is 3.20. The molecular formula is C16H25NO2. The molecule has 0 aliphatic rings. The van der Waals surface area contributed by atoms with Crippen molar-refractivity contribution in [1.82, 2.24) is 4.90 Å². The van der Waals surface area contributed by atoms with E-state index in [2.05, 4.69) is 12.1 Å². The lowest BCUT2D eigenvalue weighted by Gasteiger charge is -2.39. The van der Waals surface area contributed by atoms with E-state index in [9.17, 15) is 9.90 Å². The SMILES string of the molecule is CCN(CC)C(C)(C(=O)O)c1c(C)cc(C)cc1C. The van der Waals surface area contributed by atoms with Crippen molar-refractivity contribution in [3.05, 3.63) is 34.4 Å². The lowest BCUT2D eigenvalue weighted by molar-refractivity contribution is -0.151. The minimum Gasteiger partial charge on any atom is -0.480 e. The zero-order valence-electron chi connectivity index (χ0n) is 12.9. The van der Waals surface area contributed by atoms with E-state index in [0.29, 0.717) is 13.1 Å². The third-order valence-corrected chi connectivity index (χ3v) is 3.98. The van der Waals surface area contributed by atoms with E-state index >= 15 is 0 Å². The molecule has 0 fully saturated rings. The Bertz CT molecular complexity index is 455. The van der Waals surface area contributed by atoms with Crippen LogP contribution in [0.3, 0.4) is 0 Å². The molecular weight excluding hydrogens is 238 g/mol. The Morgan fingerprint density at radius 2 is 1.58 bits per heavy atom. The molecule has 1 atom stereocenters. The maximum atomic E-state index is 11.9. The van der Waals surface area contributed by atoms with Gasteiger partial charge in [0.25, 0.3) is 0 Å². The zero-order chi connectivity index (χ0) is 14.8. The molecule has 0 heterocycles. The molecule has 1 unspecified atom stereocenters. The summed E-state index contributed by atoms with van der Waals surface area (Å²) in [6, 6.07) is 4.13. The standard InChI is InChI=1S/C16H25NO2/c1-7-17(8-2)16(6,15(18)19)14-12(4)9-11(3)10-13(14)5/h9-10H,7-8H2,1-6H3,(H,18,19). The molecule has 0 amide bonds. The summed E-state index contributed by atoms with van der Waals surface area (Å²) < 4.78 is 0. The summed E-state index contributed by atoms with van der Waals surface area (Å²) >= 11 is 0. The molecule has 1 aromatic rings. The third kappa shape index (κ3) is 2.66. The molecule has 0 spiro atoms. The van der Waals surface area contributed by atoms with Crippen LogP contribution in [0.2, 0.25) is 0 Å². The van der Waals surface area contributed by atoms with E-state index in [1.807, 2.05) is 46.4 Å². The number of benzene rings is 1. The van der Waals surface area contributed by atoms with Gasteiger partial charge in [0.05, 0.1) is 0 Å². The average molecular weight is 263 g/mol. The van der Waals surface area contributed by atoms with Gasteiger partial charge in [0, 0.05) is 0 Å². The number of carboxylic acid groups (broad SMARTS) is 1. The molecule has 3 nitrogen and oxygen atoms in total. The Morgan fingerprint density at radius 1 is 1.16 bits per heavy atom. The summed E-state index contributed by atoms with van der Waals surface area (Å²) in [5.74, 6) is -0.786. The second-order valence-corrected chi connectivity index (χ2v) is 5.32. The summed E-state index contributed by atoms with van der Waals surface area (Å²) in [5, 5.41) is 9.80. The van der Waals surface area contributed by atoms with Crippen molar-refractivity contribution in [2.24, 2.45) is 0 Å². The Morgan fingerprint density at radius 3 is 1.89 bits per heavy atom. The lowest BCUT2D eigenvalue weighted by atomic mass is 9.83. The smallest absolute Gasteiger partial charge is 0.328 e. The molecule has 0 aromatic heterocycles. The Hall–Kier alpha value is -1.35. The number of carboxylic acids is 1. The minimum atomic E-state index is -0.967. The second-order valence-electron chi connectivity index (χ2n) is 5.32. The molecule has 1 N–H and O–H groups in total. The van der Waals surface area contributed by atoms with E-state index in [1.165, 1.54) is 5.56 Å². The van der Waals surface area contributed by atoms with Gasteiger partial charge >= 0.3 is 5.97 Å². The summed E-state index contributed by atoms with van der Waals surface area (Å²) in [6.07, 6.45) is 0. The number of likely N-dealkylation sites (N-methyl/N-ethyl adjacent to an activating group) is 1. The number of rotatable bonds is 5. The summed E-state index contributed by atoms with van der Waals surface area (Å²) in [5.41, 5.74) is 3.23. The quantitative estimate of drug-likeness (QED) is 0.886. The molecule has 0 saturated heterocycles. The molecule has 0 saturated carbocycles. The second kappa shape index (κ2) is 5.74. The number of hydrogen-bond donors (Lipinski definition) is 1. The van der Waals surface area contributed by atoms with Gasteiger partial charge in [-0.3, -0.25) is 4.90 Å². The maximum Gasteiger partial charge on any atom is 0.328 e. The van der Waals surface area contributed by atoms with Gasteiger partial charge in [0.15, 0.2) is 0 Å². The molecule has 19 heavy (non-hydrogen) atoms. The van der Waals surface area contributed by atoms with Crippen molar-refractivity contribution in [3.63, 3.8) is 0 Å². The van der Waals surface area contributed by atoms with Crippen LogP contribution in [0.1, 0.15) is 43.0 Å². The van der Waals surface area contributed by atoms with Crippen LogP contribution in [0, 0.1) is 20.8 Å². The predicted octanol–water partition coefficient (Wildman–Crippen LogP) is 3.25. The number of carbonyl (C=O) groups is 1. The van der Waals surface area contributed by atoms with Gasteiger partial charge in [-0.15, -0.1) is 0 Å². The highest BCUT2D eigenvalue weighted by Crippen LogP contribution is 2.34. The number of nitrogens with zero attached hydrogens (tertiary/aromatic N) is 1. The van der Waals surface area contributed by atoms with Crippen molar-refractivity contribution in [1.29, 1.82) is 0 Å². The van der Waals surface area contributed by atoms with Crippen LogP contribution in [-0.4, -0.2) is 29.1 Å². The average Bonchev–Trinajstić information content (AvgIpc) is 2.28. The van der Waals surface area contributed by atoms with E-state index in [4.69, 9.17) is 0 Å². The Balaban J connectivity index is 3.56. The molecule has 0 bridgehead atoms. The minimum absolute atomic E-state index is 0.714. The first kappa shape index (κ1) is 15.7. The first-order valence-corrected chi connectivity index (χ1v) is 6.85. The van der Waals surface area contributed by atoms with Crippen molar-refractivity contribution < 1.29 is 9.90 Å². The fraction of sp³-hybridized carbons (Fsp3) is 0.562. The van der Waals surface area contributed by atoms with Crippen LogP contribution >= 0.6 is 0 Å². The van der Waals surface area contributed by atoms with Crippen LogP contribution in [0.4, 0.5) is 0 Å². The van der Waals surface area contributed by atoms with Crippen LogP contribution in [0.15, 0.2) is 12.1 Å². The molecule has 106 valence electrons. The lowest BCUT2D eigenvalue weighted by Crippen LogP contribution is -2.50. The van der Waals surface area contributed by atoms with Crippen LogP contribution in [0.25, 0.3) is 0 Å². The largest absolute Gasteiger partial charge is 0.480 e. The first-order valence-electron chi connectivity index (χ1n) is 6.85. The summed E-state index contributed by atoms with van der Waals surface area (Å²) in [4.78, 5) is 13.9. The number of aryl methyl sites for hydroxylation is 3. The normalized spacial score (nSPS) is 14.5. The maximum absolute atomic E-state index is 11.9. The first-order chi connectivity index (χ1) is 8.78. The predicted molar refractivity (Wildman–Crippen MR) is 78.6 cm³/mol. The van der Waals surface area contributed by atoms with Crippen molar-refractivity contribution in [2.45, 2.75) is 47.1 Å². The topological polar surface area (TPSA) is 40.5 Å². The van der Waals surface area contributed by atoms with Gasteiger partial charge in [0.1, 0.15) is 5.54 Å². The highest BCUT2D eigenvalue weighted by atomic mass is 16.4. The van der Waals surface area contributed by atoms with E-state index < -0.39 is 11.5 Å². The van der Waals surface area contributed by atoms with Crippen LogP contribution < -0.4 is 0 Å². The molecule has 1 aromatic carbocycles. The van der Waals surface area contributed by atoms with Gasteiger partial charge in [-0.2, -0.15) is 0 Å². The van der Waals surface area contributed by atoms with Crippen molar-refractivity contribution >= 4 is 5.97 Å². The highest BCUT2D eigenvalue weighted by Gasteiger charge is 2.42. The number of hydrogen-bond acceptors (Lipinski definition) is 2. The van der Waals surface area contributed by atoms with Gasteiger partial charge in [-0.25, -0.2) is 4.79 Å². The summed E-state index contributed by atoms with van der Waals surface area (Å²) in [7, 11) is 0. The molecule has 0 aliphatic heterocycles.